The van der Waals surface area contributed by atoms with Crippen molar-refractivity contribution >= 4 is 5.91 Å². The molecule has 0 spiro atoms. The fourth-order valence-electron chi connectivity index (χ4n) is 3.83. The van der Waals surface area contributed by atoms with E-state index >= 15 is 0 Å². The number of likely N-dealkylation sites (tertiary alicyclic amines) is 1. The molecule has 1 amide bonds. The van der Waals surface area contributed by atoms with Crippen molar-refractivity contribution in [2.75, 3.05) is 13.1 Å². The number of carbonyl (C=O) groups is 1. The lowest BCUT2D eigenvalue weighted by Crippen LogP contribution is -2.37. The molecule has 1 aromatic carbocycles. The minimum atomic E-state index is -0.271. The number of nitrogens with zero attached hydrogens (tertiary/aromatic N) is 3. The van der Waals surface area contributed by atoms with E-state index < -0.39 is 0 Å². The van der Waals surface area contributed by atoms with Crippen molar-refractivity contribution in [3.63, 3.8) is 0 Å². The highest BCUT2D eigenvalue weighted by atomic mass is 19.1. The van der Waals surface area contributed by atoms with Crippen molar-refractivity contribution in [2.24, 2.45) is 0 Å². The molecule has 6 heteroatoms. The zero-order chi connectivity index (χ0) is 20.2. The molecule has 1 saturated heterocycles. The van der Waals surface area contributed by atoms with Crippen LogP contribution in [-0.2, 0) is 4.79 Å². The summed E-state index contributed by atoms with van der Waals surface area (Å²) in [6.07, 6.45) is 7.06. The van der Waals surface area contributed by atoms with Gasteiger partial charge in [-0.3, -0.25) is 9.78 Å². The summed E-state index contributed by atoms with van der Waals surface area (Å²) in [5.41, 5.74) is 3.25. The Morgan fingerprint density at radius 2 is 2.00 bits per heavy atom. The first-order valence-electron chi connectivity index (χ1n) is 10.2. The molecule has 0 bridgehead atoms. The second kappa shape index (κ2) is 8.55. The summed E-state index contributed by atoms with van der Waals surface area (Å²) in [5, 5.41) is 0. The predicted molar refractivity (Wildman–Crippen MR) is 111 cm³/mol. The van der Waals surface area contributed by atoms with Gasteiger partial charge in [0.05, 0.1) is 11.4 Å². The molecule has 1 aliphatic rings. The molecule has 1 fully saturated rings. The van der Waals surface area contributed by atoms with Crippen LogP contribution in [0.2, 0.25) is 0 Å². The molecule has 0 aliphatic carbocycles. The van der Waals surface area contributed by atoms with Crippen LogP contribution in [-0.4, -0.2) is 38.8 Å². The third-order valence-electron chi connectivity index (χ3n) is 5.48. The molecule has 5 nitrogen and oxygen atoms in total. The zero-order valence-electron chi connectivity index (χ0n) is 16.6. The SMILES string of the molecule is CCCC(=O)N1CCC(c2nc(-c3ccc(-c4cccc(F)c4)nc3)c[nH]2)CC1. The molecule has 1 N–H and O–H groups in total. The topological polar surface area (TPSA) is 61.9 Å². The summed E-state index contributed by atoms with van der Waals surface area (Å²) in [7, 11) is 0. The number of H-pyrrole nitrogens is 1. The van der Waals surface area contributed by atoms with E-state index in [0.717, 1.165) is 60.7 Å². The Bertz CT molecular complexity index is 975. The number of amides is 1. The lowest BCUT2D eigenvalue weighted by atomic mass is 9.96. The number of benzene rings is 1. The molecule has 3 aromatic rings. The molecule has 0 unspecified atom stereocenters. The molecule has 4 rings (SSSR count). The van der Waals surface area contributed by atoms with E-state index in [0.29, 0.717) is 12.3 Å². The van der Waals surface area contributed by atoms with E-state index in [-0.39, 0.29) is 11.7 Å². The van der Waals surface area contributed by atoms with Crippen LogP contribution >= 0.6 is 0 Å². The van der Waals surface area contributed by atoms with Gasteiger partial charge in [-0.25, -0.2) is 9.37 Å². The van der Waals surface area contributed by atoms with Crippen molar-refractivity contribution in [3.8, 4) is 22.5 Å². The highest BCUT2D eigenvalue weighted by Gasteiger charge is 2.25. The lowest BCUT2D eigenvalue weighted by molar-refractivity contribution is -0.132. The van der Waals surface area contributed by atoms with E-state index in [1.165, 1.54) is 12.1 Å². The number of rotatable bonds is 5. The first-order chi connectivity index (χ1) is 14.1. The van der Waals surface area contributed by atoms with Gasteiger partial charge in [-0.1, -0.05) is 19.1 Å². The van der Waals surface area contributed by atoms with Gasteiger partial charge in [0.25, 0.3) is 0 Å². The van der Waals surface area contributed by atoms with E-state index in [2.05, 4.69) is 9.97 Å². The van der Waals surface area contributed by atoms with E-state index in [9.17, 15) is 9.18 Å². The number of hydrogen-bond donors (Lipinski definition) is 1. The molecular formula is C23H25FN4O. The lowest BCUT2D eigenvalue weighted by Gasteiger charge is -2.31. The van der Waals surface area contributed by atoms with Crippen molar-refractivity contribution in [1.82, 2.24) is 19.9 Å². The van der Waals surface area contributed by atoms with Crippen molar-refractivity contribution < 1.29 is 9.18 Å². The van der Waals surface area contributed by atoms with Gasteiger partial charge in [-0.15, -0.1) is 0 Å². The first kappa shape index (κ1) is 19.3. The van der Waals surface area contributed by atoms with Gasteiger partial charge in [-0.05, 0) is 43.5 Å². The van der Waals surface area contributed by atoms with Crippen LogP contribution in [0.4, 0.5) is 4.39 Å². The van der Waals surface area contributed by atoms with Crippen molar-refractivity contribution in [3.05, 3.63) is 60.4 Å². The number of aromatic nitrogens is 3. The van der Waals surface area contributed by atoms with Crippen LogP contribution in [0.5, 0.6) is 0 Å². The molecule has 3 heterocycles. The molecule has 2 aromatic heterocycles. The Hall–Kier alpha value is -3.02. The minimum Gasteiger partial charge on any atom is -0.348 e. The number of piperidine rings is 1. The number of carbonyl (C=O) groups excluding carboxylic acids is 1. The van der Waals surface area contributed by atoms with E-state index in [1.54, 1.807) is 12.3 Å². The molecule has 0 radical (unpaired) electrons. The molecule has 29 heavy (non-hydrogen) atoms. The fourth-order valence-corrected chi connectivity index (χ4v) is 3.83. The Kier molecular flexibility index (Phi) is 5.69. The number of halogens is 1. The maximum atomic E-state index is 13.4. The largest absolute Gasteiger partial charge is 0.348 e. The summed E-state index contributed by atoms with van der Waals surface area (Å²) in [5.74, 6) is 1.30. The van der Waals surface area contributed by atoms with Gasteiger partial charge in [0, 0.05) is 48.9 Å². The second-order valence-electron chi connectivity index (χ2n) is 7.52. The van der Waals surface area contributed by atoms with Crippen LogP contribution in [0.15, 0.2) is 48.8 Å². The Balaban J connectivity index is 1.42. The summed E-state index contributed by atoms with van der Waals surface area (Å²) < 4.78 is 13.4. The molecule has 0 saturated carbocycles. The van der Waals surface area contributed by atoms with Gasteiger partial charge in [0.15, 0.2) is 0 Å². The summed E-state index contributed by atoms with van der Waals surface area (Å²) >= 11 is 0. The maximum absolute atomic E-state index is 13.4. The highest BCUT2D eigenvalue weighted by Crippen LogP contribution is 2.29. The monoisotopic (exact) mass is 392 g/mol. The molecule has 1 aliphatic heterocycles. The van der Waals surface area contributed by atoms with Crippen LogP contribution < -0.4 is 0 Å². The van der Waals surface area contributed by atoms with Gasteiger partial charge in [-0.2, -0.15) is 0 Å². The Morgan fingerprint density at radius 1 is 1.17 bits per heavy atom. The fraction of sp³-hybridized carbons (Fsp3) is 0.348. The van der Waals surface area contributed by atoms with Gasteiger partial charge in [0.2, 0.25) is 5.91 Å². The zero-order valence-corrected chi connectivity index (χ0v) is 16.6. The van der Waals surface area contributed by atoms with Crippen LogP contribution in [0.1, 0.15) is 44.3 Å². The molecular weight excluding hydrogens is 367 g/mol. The standard InChI is InChI=1S/C23H25FN4O/c1-2-4-22(29)28-11-9-16(10-12-28)23-26-15-21(27-23)18-7-8-20(25-14-18)17-5-3-6-19(24)13-17/h3,5-8,13-16H,2,4,9-12H2,1H3,(H,26,27). The Morgan fingerprint density at radius 3 is 2.69 bits per heavy atom. The smallest absolute Gasteiger partial charge is 0.222 e. The van der Waals surface area contributed by atoms with Crippen LogP contribution in [0, 0.1) is 5.82 Å². The summed E-state index contributed by atoms with van der Waals surface area (Å²) in [6.45, 7) is 3.63. The quantitative estimate of drug-likeness (QED) is 0.679. The number of nitrogens with one attached hydrogen (secondary N) is 1. The van der Waals surface area contributed by atoms with Crippen molar-refractivity contribution in [2.45, 2.75) is 38.5 Å². The van der Waals surface area contributed by atoms with Crippen molar-refractivity contribution in [1.29, 1.82) is 0 Å². The predicted octanol–water partition coefficient (Wildman–Crippen LogP) is 4.78. The van der Waals surface area contributed by atoms with Crippen LogP contribution in [0.25, 0.3) is 22.5 Å². The van der Waals surface area contributed by atoms with E-state index in [4.69, 9.17) is 4.98 Å². The normalized spacial score (nSPS) is 14.9. The van der Waals surface area contributed by atoms with Gasteiger partial charge < -0.3 is 9.88 Å². The van der Waals surface area contributed by atoms with Gasteiger partial charge >= 0.3 is 0 Å². The third kappa shape index (κ3) is 4.36. The average Bonchev–Trinajstić information content (AvgIpc) is 3.24. The number of aromatic amines is 1. The average molecular weight is 392 g/mol. The maximum Gasteiger partial charge on any atom is 0.222 e. The number of pyridine rings is 1. The summed E-state index contributed by atoms with van der Waals surface area (Å²) in [6, 6.07) is 10.3. The van der Waals surface area contributed by atoms with E-state index in [1.807, 2.05) is 36.2 Å². The Labute approximate surface area is 170 Å². The second-order valence-corrected chi connectivity index (χ2v) is 7.52. The first-order valence-corrected chi connectivity index (χ1v) is 10.2. The van der Waals surface area contributed by atoms with Gasteiger partial charge in [0.1, 0.15) is 11.6 Å². The molecule has 150 valence electrons. The van der Waals surface area contributed by atoms with Crippen LogP contribution in [0.3, 0.4) is 0 Å². The third-order valence-corrected chi connectivity index (χ3v) is 5.48. The molecule has 0 atom stereocenters. The summed E-state index contributed by atoms with van der Waals surface area (Å²) in [4.78, 5) is 26.6. The minimum absolute atomic E-state index is 0.260. The number of imidazole rings is 1. The highest BCUT2D eigenvalue weighted by molar-refractivity contribution is 5.76. The number of hydrogen-bond acceptors (Lipinski definition) is 3.